The van der Waals surface area contributed by atoms with Gasteiger partial charge in [0.05, 0.1) is 24.4 Å². The number of rotatable bonds is 6. The van der Waals surface area contributed by atoms with Crippen LogP contribution in [0, 0.1) is 0 Å². The molecule has 134 valence electrons. The fourth-order valence-electron chi connectivity index (χ4n) is 3.34. The zero-order valence-corrected chi connectivity index (χ0v) is 15.5. The van der Waals surface area contributed by atoms with Crippen LogP contribution in [0.1, 0.15) is 38.8 Å². The number of likely N-dealkylation sites (tertiary alicyclic amines) is 1. The minimum Gasteiger partial charge on any atom is -0.373 e. The molecule has 2 aliphatic heterocycles. The van der Waals surface area contributed by atoms with E-state index < -0.39 is 0 Å². The topological polar surface area (TPSA) is 57.7 Å². The second-order valence-electron chi connectivity index (χ2n) is 7.04. The molecule has 0 unspecified atom stereocenters. The van der Waals surface area contributed by atoms with E-state index in [1.807, 2.05) is 0 Å². The standard InChI is InChI=1S/C17H28N4O2S/c1-3-17(2)13-21(8-9-23-17)11-15(22)19-16-18-14(12-24-16)10-20-6-4-5-7-20/h12H,3-11,13H2,1-2H3,(H,18,19,22)/t17-/m1/s1. The van der Waals surface area contributed by atoms with Gasteiger partial charge in [0, 0.05) is 25.0 Å². The summed E-state index contributed by atoms with van der Waals surface area (Å²) in [6, 6.07) is 0. The monoisotopic (exact) mass is 352 g/mol. The number of nitrogens with one attached hydrogen (secondary N) is 1. The van der Waals surface area contributed by atoms with Crippen molar-refractivity contribution in [2.45, 2.75) is 45.3 Å². The van der Waals surface area contributed by atoms with Crippen molar-refractivity contribution in [2.75, 3.05) is 44.6 Å². The number of ether oxygens (including phenoxy) is 1. The summed E-state index contributed by atoms with van der Waals surface area (Å²) >= 11 is 1.51. The molecule has 1 amide bonds. The summed E-state index contributed by atoms with van der Waals surface area (Å²) in [7, 11) is 0. The maximum atomic E-state index is 12.3. The highest BCUT2D eigenvalue weighted by atomic mass is 32.1. The van der Waals surface area contributed by atoms with Crippen LogP contribution in [0.4, 0.5) is 5.13 Å². The molecule has 24 heavy (non-hydrogen) atoms. The number of nitrogens with zero attached hydrogens (tertiary/aromatic N) is 3. The summed E-state index contributed by atoms with van der Waals surface area (Å²) in [6.45, 7) is 10.2. The van der Waals surface area contributed by atoms with Gasteiger partial charge in [-0.1, -0.05) is 6.92 Å². The summed E-state index contributed by atoms with van der Waals surface area (Å²) in [5.74, 6) is 0.0115. The van der Waals surface area contributed by atoms with Crippen LogP contribution in [0.15, 0.2) is 5.38 Å². The second-order valence-corrected chi connectivity index (χ2v) is 7.90. The molecule has 3 rings (SSSR count). The number of carbonyl (C=O) groups is 1. The highest BCUT2D eigenvalue weighted by molar-refractivity contribution is 7.13. The van der Waals surface area contributed by atoms with Crippen molar-refractivity contribution in [3.05, 3.63) is 11.1 Å². The Morgan fingerprint density at radius 3 is 2.92 bits per heavy atom. The SMILES string of the molecule is CC[C@]1(C)CN(CC(=O)Nc2nc(CN3CCCC3)cs2)CCO1. The molecule has 2 aliphatic rings. The van der Waals surface area contributed by atoms with Gasteiger partial charge in [0.1, 0.15) is 0 Å². The summed E-state index contributed by atoms with van der Waals surface area (Å²) in [5.41, 5.74) is 0.921. The number of thiazole rings is 1. The number of morpholine rings is 1. The van der Waals surface area contributed by atoms with E-state index in [2.05, 4.69) is 39.3 Å². The molecule has 1 aromatic heterocycles. The van der Waals surface area contributed by atoms with Gasteiger partial charge in [-0.15, -0.1) is 11.3 Å². The molecule has 2 saturated heterocycles. The van der Waals surface area contributed by atoms with Gasteiger partial charge >= 0.3 is 0 Å². The molecule has 0 radical (unpaired) electrons. The van der Waals surface area contributed by atoms with Gasteiger partial charge < -0.3 is 10.1 Å². The molecule has 1 N–H and O–H groups in total. The van der Waals surface area contributed by atoms with Crippen LogP contribution >= 0.6 is 11.3 Å². The third-order valence-corrected chi connectivity index (χ3v) is 5.72. The summed E-state index contributed by atoms with van der Waals surface area (Å²) in [6.07, 6.45) is 3.52. The first-order valence-corrected chi connectivity index (χ1v) is 9.77. The van der Waals surface area contributed by atoms with E-state index in [1.165, 1.54) is 24.2 Å². The van der Waals surface area contributed by atoms with Gasteiger partial charge in [-0.3, -0.25) is 14.6 Å². The minimum atomic E-state index is -0.136. The number of amides is 1. The van der Waals surface area contributed by atoms with Crippen molar-refractivity contribution in [3.63, 3.8) is 0 Å². The van der Waals surface area contributed by atoms with Gasteiger partial charge in [0.2, 0.25) is 5.91 Å². The average Bonchev–Trinajstić information content (AvgIpc) is 3.20. The van der Waals surface area contributed by atoms with Crippen molar-refractivity contribution in [3.8, 4) is 0 Å². The van der Waals surface area contributed by atoms with Crippen molar-refractivity contribution in [1.29, 1.82) is 0 Å². The predicted molar refractivity (Wildman–Crippen MR) is 96.3 cm³/mol. The molecule has 3 heterocycles. The fourth-order valence-corrected chi connectivity index (χ4v) is 4.05. The van der Waals surface area contributed by atoms with Gasteiger partial charge in [-0.2, -0.15) is 0 Å². The lowest BCUT2D eigenvalue weighted by atomic mass is 10.0. The van der Waals surface area contributed by atoms with Crippen molar-refractivity contribution >= 4 is 22.4 Å². The molecule has 0 aromatic carbocycles. The first-order valence-electron chi connectivity index (χ1n) is 8.89. The zero-order chi connectivity index (χ0) is 17.0. The van der Waals surface area contributed by atoms with Crippen LogP contribution in [-0.2, 0) is 16.1 Å². The number of hydrogen-bond donors (Lipinski definition) is 1. The molecule has 0 aliphatic carbocycles. The number of aromatic nitrogens is 1. The highest BCUT2D eigenvalue weighted by Gasteiger charge is 2.31. The van der Waals surface area contributed by atoms with E-state index in [0.717, 1.165) is 44.8 Å². The first kappa shape index (κ1) is 17.8. The Balaban J connectivity index is 1.47. The lowest BCUT2D eigenvalue weighted by Gasteiger charge is -2.39. The molecule has 7 heteroatoms. The molecule has 6 nitrogen and oxygen atoms in total. The number of carbonyl (C=O) groups excluding carboxylic acids is 1. The Morgan fingerprint density at radius 2 is 2.17 bits per heavy atom. The van der Waals surface area contributed by atoms with Crippen LogP contribution in [-0.4, -0.2) is 65.6 Å². The Morgan fingerprint density at radius 1 is 1.38 bits per heavy atom. The normalized spacial score (nSPS) is 25.9. The molecule has 2 fully saturated rings. The summed E-state index contributed by atoms with van der Waals surface area (Å²) in [4.78, 5) is 21.4. The van der Waals surface area contributed by atoms with E-state index in [-0.39, 0.29) is 11.5 Å². The highest BCUT2D eigenvalue weighted by Crippen LogP contribution is 2.22. The maximum Gasteiger partial charge on any atom is 0.240 e. The maximum absolute atomic E-state index is 12.3. The Labute approximate surface area is 148 Å². The lowest BCUT2D eigenvalue weighted by Crippen LogP contribution is -2.51. The van der Waals surface area contributed by atoms with E-state index in [4.69, 9.17) is 4.74 Å². The second kappa shape index (κ2) is 7.91. The quantitative estimate of drug-likeness (QED) is 0.850. The van der Waals surface area contributed by atoms with Crippen molar-refractivity contribution in [1.82, 2.24) is 14.8 Å². The summed E-state index contributed by atoms with van der Waals surface area (Å²) < 4.78 is 5.82. The van der Waals surface area contributed by atoms with Gasteiger partial charge in [0.25, 0.3) is 0 Å². The molecule has 0 bridgehead atoms. The Bertz CT molecular complexity index is 559. The zero-order valence-electron chi connectivity index (χ0n) is 14.7. The van der Waals surface area contributed by atoms with E-state index in [0.29, 0.717) is 18.3 Å². The summed E-state index contributed by atoms with van der Waals surface area (Å²) in [5, 5.41) is 5.71. The van der Waals surface area contributed by atoms with Crippen LogP contribution in [0.2, 0.25) is 0 Å². The molecule has 0 saturated carbocycles. The average molecular weight is 353 g/mol. The minimum absolute atomic E-state index is 0.0115. The number of hydrogen-bond acceptors (Lipinski definition) is 6. The Kier molecular flexibility index (Phi) is 5.86. The fraction of sp³-hybridized carbons (Fsp3) is 0.765. The molecular weight excluding hydrogens is 324 g/mol. The van der Waals surface area contributed by atoms with E-state index in [9.17, 15) is 4.79 Å². The smallest absolute Gasteiger partial charge is 0.240 e. The predicted octanol–water partition coefficient (Wildman–Crippen LogP) is 2.18. The largest absolute Gasteiger partial charge is 0.373 e. The molecule has 0 spiro atoms. The first-order chi connectivity index (χ1) is 11.6. The lowest BCUT2D eigenvalue weighted by molar-refractivity contribution is -0.125. The molecular formula is C17H28N4O2S. The van der Waals surface area contributed by atoms with Gasteiger partial charge in [-0.25, -0.2) is 4.98 Å². The van der Waals surface area contributed by atoms with Crippen LogP contribution in [0.5, 0.6) is 0 Å². The van der Waals surface area contributed by atoms with E-state index >= 15 is 0 Å². The molecule has 1 aromatic rings. The van der Waals surface area contributed by atoms with Crippen LogP contribution in [0.25, 0.3) is 0 Å². The van der Waals surface area contributed by atoms with Crippen LogP contribution < -0.4 is 5.32 Å². The third-order valence-electron chi connectivity index (χ3n) is 4.91. The van der Waals surface area contributed by atoms with Crippen LogP contribution in [0.3, 0.4) is 0 Å². The third kappa shape index (κ3) is 4.75. The molecule has 1 atom stereocenters. The van der Waals surface area contributed by atoms with E-state index in [1.54, 1.807) is 0 Å². The van der Waals surface area contributed by atoms with Gasteiger partial charge in [-0.05, 0) is 39.3 Å². The van der Waals surface area contributed by atoms with Crippen molar-refractivity contribution in [2.24, 2.45) is 0 Å². The Hall–Kier alpha value is -1.02. The number of anilines is 1. The van der Waals surface area contributed by atoms with Gasteiger partial charge in [0.15, 0.2) is 5.13 Å². The van der Waals surface area contributed by atoms with Crippen molar-refractivity contribution < 1.29 is 9.53 Å².